The predicted octanol–water partition coefficient (Wildman–Crippen LogP) is 2.25. The number of ether oxygens (including phenoxy) is 1. The Morgan fingerprint density at radius 1 is 1.19 bits per heavy atom. The second kappa shape index (κ2) is 7.84. The van der Waals surface area contributed by atoms with Gasteiger partial charge in [-0.1, -0.05) is 24.3 Å². The molecule has 3 aromatic rings. The number of hydrogen-bond donors (Lipinski definition) is 2. The molecule has 8 heteroatoms. The summed E-state index contributed by atoms with van der Waals surface area (Å²) in [5, 5.41) is 25.2. The minimum atomic E-state index is -0.752. The molecular formula is C19H14N4O4. The van der Waals surface area contributed by atoms with E-state index in [4.69, 9.17) is 4.74 Å². The first-order valence-electron chi connectivity index (χ1n) is 7.88. The number of phenolic OH excluding ortho intramolecular Hbond substituents is 1. The smallest absolute Gasteiger partial charge is 0.338 e. The number of aromatic hydroxyl groups is 1. The van der Waals surface area contributed by atoms with Crippen molar-refractivity contribution in [2.75, 3.05) is 11.9 Å². The fourth-order valence-corrected chi connectivity index (χ4v) is 2.33. The maximum Gasteiger partial charge on any atom is 0.338 e. The Morgan fingerprint density at radius 2 is 1.96 bits per heavy atom. The maximum absolute atomic E-state index is 12.2. The first kappa shape index (κ1) is 17.7. The van der Waals surface area contributed by atoms with Crippen molar-refractivity contribution >= 4 is 17.7 Å². The van der Waals surface area contributed by atoms with E-state index in [-0.39, 0.29) is 22.7 Å². The van der Waals surface area contributed by atoms with Crippen LogP contribution in [0.15, 0.2) is 60.8 Å². The fraction of sp³-hybridized carbons (Fsp3) is 0.0526. The molecule has 0 saturated carbocycles. The second-order valence-corrected chi connectivity index (χ2v) is 5.44. The molecule has 0 atom stereocenters. The quantitative estimate of drug-likeness (QED) is 0.672. The Kier molecular flexibility index (Phi) is 5.14. The molecule has 0 spiro atoms. The van der Waals surface area contributed by atoms with Gasteiger partial charge in [-0.25, -0.2) is 9.48 Å². The Morgan fingerprint density at radius 3 is 2.67 bits per heavy atom. The van der Waals surface area contributed by atoms with Crippen molar-refractivity contribution in [2.24, 2.45) is 0 Å². The van der Waals surface area contributed by atoms with Crippen molar-refractivity contribution in [3.63, 3.8) is 0 Å². The molecule has 0 aliphatic carbocycles. The number of aromatic nitrogens is 2. The number of nitrogens with zero attached hydrogens (tertiary/aromatic N) is 3. The highest BCUT2D eigenvalue weighted by molar-refractivity contribution is 5.96. The van der Waals surface area contributed by atoms with Crippen LogP contribution >= 0.6 is 0 Å². The van der Waals surface area contributed by atoms with Gasteiger partial charge in [-0.05, 0) is 30.3 Å². The summed E-state index contributed by atoms with van der Waals surface area (Å²) in [6, 6.07) is 16.5. The molecule has 134 valence electrons. The van der Waals surface area contributed by atoms with Crippen molar-refractivity contribution in [1.29, 1.82) is 5.26 Å². The Labute approximate surface area is 154 Å². The number of rotatable bonds is 5. The van der Waals surface area contributed by atoms with E-state index in [1.54, 1.807) is 24.3 Å². The number of para-hydroxylation sites is 1. The molecule has 2 N–H and O–H groups in total. The van der Waals surface area contributed by atoms with Crippen molar-refractivity contribution in [1.82, 2.24) is 9.78 Å². The third-order valence-electron chi connectivity index (χ3n) is 3.56. The first-order chi connectivity index (χ1) is 13.1. The van der Waals surface area contributed by atoms with Gasteiger partial charge in [-0.15, -0.1) is 0 Å². The molecule has 3 rings (SSSR count). The van der Waals surface area contributed by atoms with Crippen LogP contribution in [-0.2, 0) is 9.53 Å². The lowest BCUT2D eigenvalue weighted by atomic mass is 10.2. The lowest BCUT2D eigenvalue weighted by Crippen LogP contribution is -2.22. The zero-order chi connectivity index (χ0) is 19.2. The predicted molar refractivity (Wildman–Crippen MR) is 95.3 cm³/mol. The van der Waals surface area contributed by atoms with Crippen LogP contribution in [0.2, 0.25) is 0 Å². The molecule has 0 bridgehead atoms. The molecule has 8 nitrogen and oxygen atoms in total. The van der Waals surface area contributed by atoms with Crippen LogP contribution in [-0.4, -0.2) is 33.4 Å². The van der Waals surface area contributed by atoms with Gasteiger partial charge in [-0.3, -0.25) is 4.79 Å². The van der Waals surface area contributed by atoms with E-state index in [0.717, 1.165) is 0 Å². The van der Waals surface area contributed by atoms with Crippen LogP contribution in [0.3, 0.4) is 0 Å². The first-order valence-corrected chi connectivity index (χ1v) is 7.88. The number of esters is 1. The van der Waals surface area contributed by atoms with Gasteiger partial charge in [0, 0.05) is 0 Å². The number of nitrogens with one attached hydrogen (secondary N) is 1. The number of amides is 1. The van der Waals surface area contributed by atoms with Gasteiger partial charge in [0.1, 0.15) is 17.4 Å². The highest BCUT2D eigenvalue weighted by atomic mass is 16.5. The molecule has 1 amide bonds. The number of carbonyl (C=O) groups excluding carboxylic acids is 2. The minimum Gasteiger partial charge on any atom is -0.508 e. The van der Waals surface area contributed by atoms with Crippen molar-refractivity contribution in [3.8, 4) is 17.5 Å². The summed E-state index contributed by atoms with van der Waals surface area (Å²) in [5.41, 5.74) is 0.951. The van der Waals surface area contributed by atoms with E-state index in [0.29, 0.717) is 5.69 Å². The van der Waals surface area contributed by atoms with Gasteiger partial charge in [0.25, 0.3) is 5.91 Å². The summed E-state index contributed by atoms with van der Waals surface area (Å²) in [6.45, 7) is -0.556. The lowest BCUT2D eigenvalue weighted by Gasteiger charge is -2.10. The van der Waals surface area contributed by atoms with Gasteiger partial charge < -0.3 is 15.2 Å². The molecule has 0 saturated heterocycles. The van der Waals surface area contributed by atoms with Crippen molar-refractivity contribution in [2.45, 2.75) is 0 Å². The number of hydrogen-bond acceptors (Lipinski definition) is 6. The van der Waals surface area contributed by atoms with Gasteiger partial charge >= 0.3 is 5.97 Å². The summed E-state index contributed by atoms with van der Waals surface area (Å²) in [5.74, 6) is -1.28. The number of benzene rings is 2. The SMILES string of the molecule is N#Cc1cnn(-c2ccccc2)c1NC(=O)COC(=O)c1cccc(O)c1. The highest BCUT2D eigenvalue weighted by Gasteiger charge is 2.17. The third kappa shape index (κ3) is 4.11. The molecule has 0 fully saturated rings. The van der Waals surface area contributed by atoms with Gasteiger partial charge in [-0.2, -0.15) is 10.4 Å². The van der Waals surface area contributed by atoms with Gasteiger partial charge in [0.2, 0.25) is 0 Å². The molecule has 27 heavy (non-hydrogen) atoms. The Balaban J connectivity index is 1.70. The molecule has 0 unspecified atom stereocenters. The van der Waals surface area contributed by atoms with E-state index < -0.39 is 18.5 Å². The Bertz CT molecular complexity index is 1020. The van der Waals surface area contributed by atoms with Crippen LogP contribution in [0.25, 0.3) is 5.69 Å². The van der Waals surface area contributed by atoms with Crippen LogP contribution in [0.4, 0.5) is 5.82 Å². The zero-order valence-corrected chi connectivity index (χ0v) is 14.0. The standard InChI is InChI=1S/C19H14N4O4/c20-10-14-11-21-23(15-6-2-1-3-7-15)18(14)22-17(25)12-27-19(26)13-5-4-8-16(24)9-13/h1-9,11,24H,12H2,(H,22,25). The van der Waals surface area contributed by atoms with Crippen molar-refractivity contribution in [3.05, 3.63) is 71.9 Å². The molecule has 1 aromatic heterocycles. The number of anilines is 1. The van der Waals surface area contributed by atoms with Crippen LogP contribution < -0.4 is 5.32 Å². The average Bonchev–Trinajstić information content (AvgIpc) is 3.09. The summed E-state index contributed by atoms with van der Waals surface area (Å²) in [7, 11) is 0. The van der Waals surface area contributed by atoms with Crippen LogP contribution in [0.1, 0.15) is 15.9 Å². The lowest BCUT2D eigenvalue weighted by molar-refractivity contribution is -0.119. The van der Waals surface area contributed by atoms with Crippen molar-refractivity contribution < 1.29 is 19.4 Å². The normalized spacial score (nSPS) is 10.0. The van der Waals surface area contributed by atoms with Crippen LogP contribution in [0.5, 0.6) is 5.75 Å². The van der Waals surface area contributed by atoms with Crippen LogP contribution in [0, 0.1) is 11.3 Å². The number of phenols is 1. The molecule has 0 aliphatic rings. The van der Waals surface area contributed by atoms with Gasteiger partial charge in [0.15, 0.2) is 12.4 Å². The monoisotopic (exact) mass is 362 g/mol. The van der Waals surface area contributed by atoms with E-state index in [1.165, 1.54) is 35.1 Å². The van der Waals surface area contributed by atoms with E-state index in [9.17, 15) is 20.0 Å². The second-order valence-electron chi connectivity index (χ2n) is 5.44. The largest absolute Gasteiger partial charge is 0.508 e. The fourth-order valence-electron chi connectivity index (χ4n) is 2.33. The summed E-state index contributed by atoms with van der Waals surface area (Å²) in [4.78, 5) is 24.1. The summed E-state index contributed by atoms with van der Waals surface area (Å²) >= 11 is 0. The highest BCUT2D eigenvalue weighted by Crippen LogP contribution is 2.19. The summed E-state index contributed by atoms with van der Waals surface area (Å²) < 4.78 is 6.35. The zero-order valence-electron chi connectivity index (χ0n) is 14.0. The minimum absolute atomic E-state index is 0.0840. The number of nitriles is 1. The third-order valence-corrected chi connectivity index (χ3v) is 3.56. The molecule has 2 aromatic carbocycles. The summed E-state index contributed by atoms with van der Waals surface area (Å²) in [6.07, 6.45) is 1.33. The molecular weight excluding hydrogens is 348 g/mol. The van der Waals surface area contributed by atoms with E-state index >= 15 is 0 Å². The molecule has 1 heterocycles. The molecule has 0 aliphatic heterocycles. The maximum atomic E-state index is 12.2. The number of carbonyl (C=O) groups is 2. The van der Waals surface area contributed by atoms with Gasteiger partial charge in [0.05, 0.1) is 17.4 Å². The van der Waals surface area contributed by atoms with E-state index in [2.05, 4.69) is 10.4 Å². The topological polar surface area (TPSA) is 117 Å². The van der Waals surface area contributed by atoms with E-state index in [1.807, 2.05) is 12.1 Å². The Hall–Kier alpha value is -4.12. The average molecular weight is 362 g/mol. The molecule has 0 radical (unpaired) electrons.